The molecule has 0 bridgehead atoms. The van der Waals surface area contributed by atoms with E-state index in [2.05, 4.69) is 22.9 Å². The van der Waals surface area contributed by atoms with Gasteiger partial charge in [-0.1, -0.05) is 18.2 Å². The summed E-state index contributed by atoms with van der Waals surface area (Å²) in [6.45, 7) is 3.66. The second-order valence-electron chi connectivity index (χ2n) is 6.55. The van der Waals surface area contributed by atoms with Crippen molar-refractivity contribution in [2.45, 2.75) is 32.4 Å². The van der Waals surface area contributed by atoms with Crippen molar-refractivity contribution in [3.05, 3.63) is 70.1 Å². The fourth-order valence-corrected chi connectivity index (χ4v) is 4.16. The molecule has 0 amide bonds. The first kappa shape index (κ1) is 17.2. The van der Waals surface area contributed by atoms with Gasteiger partial charge in [0.25, 0.3) is 0 Å². The van der Waals surface area contributed by atoms with E-state index in [1.807, 2.05) is 30.3 Å². The van der Waals surface area contributed by atoms with Gasteiger partial charge in [0.05, 0.1) is 24.0 Å². The zero-order chi connectivity index (χ0) is 17.9. The summed E-state index contributed by atoms with van der Waals surface area (Å²) in [6.07, 6.45) is 2.38. The van der Waals surface area contributed by atoms with E-state index in [-0.39, 0.29) is 11.9 Å². The number of thiazole rings is 1. The topological polar surface area (TPSA) is 26.5 Å². The minimum atomic E-state index is -0.223. The molecule has 1 atom stereocenters. The molecule has 1 aliphatic rings. The van der Waals surface area contributed by atoms with E-state index in [1.54, 1.807) is 11.3 Å². The van der Waals surface area contributed by atoms with E-state index in [1.165, 1.54) is 12.1 Å². The van der Waals surface area contributed by atoms with Gasteiger partial charge in [0.15, 0.2) is 4.80 Å². The van der Waals surface area contributed by atoms with Crippen molar-refractivity contribution >= 4 is 17.0 Å². The highest BCUT2D eigenvalue weighted by Crippen LogP contribution is 2.24. The molecule has 1 unspecified atom stereocenters. The molecule has 4 rings (SSSR count). The van der Waals surface area contributed by atoms with Crippen molar-refractivity contribution in [1.29, 1.82) is 0 Å². The molecule has 0 aliphatic carbocycles. The van der Waals surface area contributed by atoms with Crippen LogP contribution in [0.25, 0.3) is 11.3 Å². The first-order valence-corrected chi connectivity index (χ1v) is 9.75. The van der Waals surface area contributed by atoms with E-state index in [9.17, 15) is 4.39 Å². The third-order valence-electron chi connectivity index (χ3n) is 4.68. The number of para-hydroxylation sites is 1. The lowest BCUT2D eigenvalue weighted by molar-refractivity contribution is 0.0968. The summed E-state index contributed by atoms with van der Waals surface area (Å²) >= 11 is 1.61. The van der Waals surface area contributed by atoms with E-state index in [0.717, 1.165) is 53.3 Å². The number of hydrogen-bond acceptors (Lipinski definition) is 3. The van der Waals surface area contributed by atoms with E-state index in [0.29, 0.717) is 0 Å². The Hall–Kier alpha value is -2.24. The van der Waals surface area contributed by atoms with E-state index < -0.39 is 0 Å². The van der Waals surface area contributed by atoms with Gasteiger partial charge in [-0.15, -0.1) is 11.3 Å². The molecule has 1 aromatic heterocycles. The quantitative estimate of drug-likeness (QED) is 0.631. The Morgan fingerprint density at radius 3 is 2.73 bits per heavy atom. The monoisotopic (exact) mass is 368 g/mol. The second-order valence-corrected chi connectivity index (χ2v) is 7.39. The molecule has 1 aliphatic heterocycles. The second kappa shape index (κ2) is 7.56. The Kier molecular flexibility index (Phi) is 5.00. The highest BCUT2D eigenvalue weighted by Gasteiger charge is 2.19. The highest BCUT2D eigenvalue weighted by molar-refractivity contribution is 7.07. The first-order valence-electron chi connectivity index (χ1n) is 8.87. The minimum Gasteiger partial charge on any atom is -0.376 e. The zero-order valence-electron chi connectivity index (χ0n) is 14.7. The van der Waals surface area contributed by atoms with Gasteiger partial charge < -0.3 is 9.30 Å². The molecule has 0 saturated carbocycles. The third-order valence-corrected chi connectivity index (χ3v) is 5.54. The van der Waals surface area contributed by atoms with Crippen LogP contribution in [-0.4, -0.2) is 17.3 Å². The number of ether oxygens (including phenoxy) is 1. The van der Waals surface area contributed by atoms with Crippen molar-refractivity contribution in [2.75, 3.05) is 6.61 Å². The van der Waals surface area contributed by atoms with Crippen molar-refractivity contribution < 1.29 is 9.13 Å². The van der Waals surface area contributed by atoms with Gasteiger partial charge in [-0.3, -0.25) is 0 Å². The van der Waals surface area contributed by atoms with Gasteiger partial charge in [0.1, 0.15) is 5.82 Å². The van der Waals surface area contributed by atoms with Gasteiger partial charge in [0.2, 0.25) is 0 Å². The number of rotatable bonds is 4. The molecule has 26 heavy (non-hydrogen) atoms. The van der Waals surface area contributed by atoms with Crippen LogP contribution in [0.15, 0.2) is 58.9 Å². The van der Waals surface area contributed by atoms with Crippen LogP contribution in [0.2, 0.25) is 0 Å². The molecular formula is C21H21FN2OS. The van der Waals surface area contributed by atoms with Crippen LogP contribution in [-0.2, 0) is 11.3 Å². The number of nitrogens with zero attached hydrogens (tertiary/aromatic N) is 2. The number of halogens is 1. The van der Waals surface area contributed by atoms with Crippen LogP contribution >= 0.6 is 11.3 Å². The summed E-state index contributed by atoms with van der Waals surface area (Å²) in [6, 6.07) is 14.8. The molecule has 134 valence electrons. The molecule has 3 nitrogen and oxygen atoms in total. The third kappa shape index (κ3) is 3.64. The number of aryl methyl sites for hydroxylation is 1. The SMILES string of the molecule is Cc1ccccc1N=c1scc(-c2ccc(F)cc2)n1CC1CCCO1. The molecule has 3 aromatic rings. The van der Waals surface area contributed by atoms with Gasteiger partial charge in [-0.05, 0) is 61.2 Å². The zero-order valence-corrected chi connectivity index (χ0v) is 15.5. The largest absolute Gasteiger partial charge is 0.376 e. The lowest BCUT2D eigenvalue weighted by Gasteiger charge is -2.14. The average molecular weight is 368 g/mol. The first-order chi connectivity index (χ1) is 12.7. The summed E-state index contributed by atoms with van der Waals surface area (Å²) in [4.78, 5) is 5.84. The average Bonchev–Trinajstić information content (AvgIpc) is 3.29. The Morgan fingerprint density at radius 1 is 1.19 bits per heavy atom. The Labute approximate surface area is 156 Å². The molecule has 2 heterocycles. The molecule has 1 fully saturated rings. The maximum atomic E-state index is 13.3. The molecular weight excluding hydrogens is 347 g/mol. The summed E-state index contributed by atoms with van der Waals surface area (Å²) in [7, 11) is 0. The van der Waals surface area contributed by atoms with Crippen LogP contribution in [0.1, 0.15) is 18.4 Å². The summed E-state index contributed by atoms with van der Waals surface area (Å²) in [5, 5.41) is 2.10. The van der Waals surface area contributed by atoms with E-state index >= 15 is 0 Å². The molecule has 0 N–H and O–H groups in total. The van der Waals surface area contributed by atoms with Crippen LogP contribution in [0.3, 0.4) is 0 Å². The fraction of sp³-hybridized carbons (Fsp3) is 0.286. The van der Waals surface area contributed by atoms with Gasteiger partial charge in [-0.25, -0.2) is 9.38 Å². The Bertz CT molecular complexity index is 953. The van der Waals surface area contributed by atoms with Crippen molar-refractivity contribution in [3.63, 3.8) is 0 Å². The standard InChI is InChI=1S/C21H21FN2OS/c1-15-5-2-3-7-19(15)23-21-24(13-18-6-4-12-25-18)20(14-26-21)16-8-10-17(22)11-9-16/h2-3,5,7-11,14,18H,4,6,12-13H2,1H3. The summed E-state index contributed by atoms with van der Waals surface area (Å²) in [5.41, 5.74) is 4.17. The van der Waals surface area contributed by atoms with Crippen LogP contribution in [0.5, 0.6) is 0 Å². The Morgan fingerprint density at radius 2 is 2.00 bits per heavy atom. The molecule has 0 radical (unpaired) electrons. The highest BCUT2D eigenvalue weighted by atomic mass is 32.1. The van der Waals surface area contributed by atoms with Crippen LogP contribution in [0.4, 0.5) is 10.1 Å². The number of hydrogen-bond donors (Lipinski definition) is 0. The molecule has 0 spiro atoms. The maximum Gasteiger partial charge on any atom is 0.190 e. The summed E-state index contributed by atoms with van der Waals surface area (Å²) < 4.78 is 21.4. The number of benzene rings is 2. The van der Waals surface area contributed by atoms with Gasteiger partial charge in [-0.2, -0.15) is 0 Å². The molecule has 2 aromatic carbocycles. The number of aromatic nitrogens is 1. The molecule has 1 saturated heterocycles. The van der Waals surface area contributed by atoms with Crippen molar-refractivity contribution in [3.8, 4) is 11.3 Å². The normalized spacial score (nSPS) is 17.8. The van der Waals surface area contributed by atoms with E-state index in [4.69, 9.17) is 9.73 Å². The maximum absolute atomic E-state index is 13.3. The van der Waals surface area contributed by atoms with Crippen LogP contribution in [0, 0.1) is 12.7 Å². The van der Waals surface area contributed by atoms with Crippen molar-refractivity contribution in [2.24, 2.45) is 4.99 Å². The lowest BCUT2D eigenvalue weighted by Crippen LogP contribution is -2.24. The van der Waals surface area contributed by atoms with Gasteiger partial charge in [0, 0.05) is 12.0 Å². The minimum absolute atomic E-state index is 0.208. The lowest BCUT2D eigenvalue weighted by atomic mass is 10.1. The fourth-order valence-electron chi connectivity index (χ4n) is 3.23. The van der Waals surface area contributed by atoms with Crippen LogP contribution < -0.4 is 4.80 Å². The van der Waals surface area contributed by atoms with Crippen molar-refractivity contribution in [1.82, 2.24) is 4.57 Å². The molecule has 5 heteroatoms. The Balaban J connectivity index is 1.81. The smallest absolute Gasteiger partial charge is 0.190 e. The predicted octanol–water partition coefficient (Wildman–Crippen LogP) is 5.08. The summed E-state index contributed by atoms with van der Waals surface area (Å²) in [5.74, 6) is -0.223. The van der Waals surface area contributed by atoms with Gasteiger partial charge >= 0.3 is 0 Å². The predicted molar refractivity (Wildman–Crippen MR) is 103 cm³/mol.